The lowest BCUT2D eigenvalue weighted by atomic mass is 9.95. The first-order valence-corrected chi connectivity index (χ1v) is 23.7. The van der Waals surface area contributed by atoms with Crippen LogP contribution < -0.4 is 10.6 Å². The van der Waals surface area contributed by atoms with Gasteiger partial charge in [0.05, 0.1) is 33.0 Å². The molecule has 29 nitrogen and oxygen atoms in total. The van der Waals surface area contributed by atoms with E-state index in [1.807, 2.05) is 13.8 Å². The highest BCUT2D eigenvalue weighted by Crippen LogP contribution is 2.36. The van der Waals surface area contributed by atoms with E-state index in [9.17, 15) is 86.5 Å². The quantitative estimate of drug-likeness (QED) is 0.0544. The van der Waals surface area contributed by atoms with Gasteiger partial charge in [0.15, 0.2) is 31.4 Å². The molecule has 1 aromatic rings. The van der Waals surface area contributed by atoms with E-state index in [1.54, 1.807) is 0 Å². The van der Waals surface area contributed by atoms with Gasteiger partial charge in [-0.05, 0) is 37.4 Å². The number of nitrogens with zero attached hydrogens (tertiary/aromatic N) is 1. The van der Waals surface area contributed by atoms with Crippen molar-refractivity contribution < 1.29 is 129 Å². The van der Waals surface area contributed by atoms with E-state index in [1.165, 1.54) is 24.3 Å². The Morgan fingerprint density at radius 1 is 0.472 bits per heavy atom. The van der Waals surface area contributed by atoms with Crippen LogP contribution in [0.15, 0.2) is 24.3 Å². The highest BCUT2D eigenvalue weighted by Gasteiger charge is 2.56. The van der Waals surface area contributed by atoms with Crippen molar-refractivity contribution in [2.24, 2.45) is 0 Å². The van der Waals surface area contributed by atoms with Gasteiger partial charge < -0.3 is 140 Å². The third-order valence-corrected chi connectivity index (χ3v) is 13.4. The summed E-state index contributed by atoms with van der Waals surface area (Å²) in [6.45, 7) is 2.34. The number of amides is 1. The minimum Gasteiger partial charge on any atom is -0.394 e. The van der Waals surface area contributed by atoms with Crippen molar-refractivity contribution >= 4 is 11.6 Å². The molecule has 5 aliphatic heterocycles. The smallest absolute Gasteiger partial charge is 0.251 e. The monoisotopic (exact) mass is 1050 g/mol. The zero-order valence-electron chi connectivity index (χ0n) is 39.3. The summed E-state index contributed by atoms with van der Waals surface area (Å²) in [5.41, 5.74) is 0.729. The van der Waals surface area contributed by atoms with Crippen LogP contribution >= 0.6 is 0 Å². The molecule has 0 aliphatic carbocycles. The lowest BCUT2D eigenvalue weighted by Gasteiger charge is -2.49. The van der Waals surface area contributed by atoms with Crippen molar-refractivity contribution in [2.75, 3.05) is 64.5 Å². The van der Waals surface area contributed by atoms with E-state index in [0.717, 1.165) is 13.1 Å². The summed E-state index contributed by atoms with van der Waals surface area (Å²) in [7, 11) is 0. The fourth-order valence-corrected chi connectivity index (χ4v) is 9.02. The normalized spacial score (nSPS) is 43.9. The predicted octanol–water partition coefficient (Wildman–Crippen LogP) is -9.73. The van der Waals surface area contributed by atoms with Crippen LogP contribution in [0.5, 0.6) is 0 Å². The Bertz CT molecular complexity index is 1790. The van der Waals surface area contributed by atoms with Crippen LogP contribution in [0.4, 0.5) is 5.69 Å². The largest absolute Gasteiger partial charge is 0.394 e. The number of ether oxygens (including phenoxy) is 9. The molecule has 0 unspecified atom stereocenters. The van der Waals surface area contributed by atoms with Gasteiger partial charge in [0.2, 0.25) is 0 Å². The molecule has 0 saturated carbocycles. The number of carbonyl (C=O) groups excluding carboxylic acids is 1. The molecule has 72 heavy (non-hydrogen) atoms. The minimum absolute atomic E-state index is 0.300. The van der Waals surface area contributed by atoms with Gasteiger partial charge in [-0.2, -0.15) is 0 Å². The highest BCUT2D eigenvalue weighted by atomic mass is 16.8. The van der Waals surface area contributed by atoms with Crippen molar-refractivity contribution in [3.8, 4) is 0 Å². The summed E-state index contributed by atoms with van der Waals surface area (Å²) in [6.07, 6.45) is -45.2. The van der Waals surface area contributed by atoms with Crippen LogP contribution in [0.25, 0.3) is 0 Å². The summed E-state index contributed by atoms with van der Waals surface area (Å²) >= 11 is 0. The Hall–Kier alpha value is -2.55. The van der Waals surface area contributed by atoms with Gasteiger partial charge in [-0.25, -0.2) is 0 Å². The third-order valence-electron chi connectivity index (χ3n) is 13.4. The lowest BCUT2D eigenvalue weighted by Crippen LogP contribution is -2.68. The summed E-state index contributed by atoms with van der Waals surface area (Å²) in [4.78, 5) is 14.8. The van der Waals surface area contributed by atoms with Gasteiger partial charge in [-0.3, -0.25) is 4.79 Å². The van der Waals surface area contributed by atoms with Crippen molar-refractivity contribution in [3.05, 3.63) is 29.8 Å². The number of carbonyl (C=O) groups is 1. The number of aliphatic hydroxyl groups is 16. The zero-order valence-corrected chi connectivity index (χ0v) is 39.3. The van der Waals surface area contributed by atoms with Crippen molar-refractivity contribution in [1.82, 2.24) is 10.2 Å². The SMILES string of the molecule is CCN(CC)CCNC(=O)c1ccc(N[C@H]2O[C@H](CO)[C@@H](O[C@H]3O[C@H](CO)[C@@H](O[C@H]4O[C@H](CO)[C@@H](O[C@H]5O[C@H](CO)[C@@H](O[C@H]6O[C@H](CO)[C@@H](O)[C@H](O)[C@H]6O)[C@H](O)[C@H]5O)[C@H](O)[C@H]4O)[C@H](O)[C@H]3O)[C@H](O)[C@H]2O)cc1. The topological polar surface area (TPSA) is 451 Å². The number of hydrogen-bond donors (Lipinski definition) is 18. The Morgan fingerprint density at radius 3 is 1.19 bits per heavy atom. The molecule has 0 spiro atoms. The second-order valence-corrected chi connectivity index (χ2v) is 18.0. The van der Waals surface area contributed by atoms with Crippen LogP contribution in [0.2, 0.25) is 0 Å². The van der Waals surface area contributed by atoms with Gasteiger partial charge in [0.25, 0.3) is 5.91 Å². The Balaban J connectivity index is 1.04. The van der Waals surface area contributed by atoms with E-state index < -0.39 is 187 Å². The predicted molar refractivity (Wildman–Crippen MR) is 234 cm³/mol. The summed E-state index contributed by atoms with van der Waals surface area (Å²) in [6, 6.07) is 6.15. The van der Waals surface area contributed by atoms with Crippen molar-refractivity contribution in [3.63, 3.8) is 0 Å². The van der Waals surface area contributed by atoms with Crippen LogP contribution in [-0.4, -0.2) is 305 Å². The van der Waals surface area contributed by atoms with Gasteiger partial charge in [-0.1, -0.05) is 13.8 Å². The van der Waals surface area contributed by atoms with Gasteiger partial charge in [0.1, 0.15) is 122 Å². The first-order chi connectivity index (χ1) is 34.4. The highest BCUT2D eigenvalue weighted by molar-refractivity contribution is 5.94. The average molecular weight is 1050 g/mol. The lowest BCUT2D eigenvalue weighted by molar-refractivity contribution is -0.391. The van der Waals surface area contributed by atoms with Crippen molar-refractivity contribution in [1.29, 1.82) is 0 Å². The van der Waals surface area contributed by atoms with E-state index in [0.29, 0.717) is 24.3 Å². The van der Waals surface area contributed by atoms with E-state index in [-0.39, 0.29) is 5.91 Å². The number of benzene rings is 1. The summed E-state index contributed by atoms with van der Waals surface area (Å²) in [5, 5.41) is 176. The maximum atomic E-state index is 12.7. The molecule has 6 rings (SSSR count). The fraction of sp³-hybridized carbons (Fsp3) is 0.837. The van der Waals surface area contributed by atoms with Gasteiger partial charge in [0, 0.05) is 24.3 Å². The molecule has 1 amide bonds. The Morgan fingerprint density at radius 2 is 0.819 bits per heavy atom. The van der Waals surface area contributed by atoms with Crippen LogP contribution in [0.1, 0.15) is 24.2 Å². The maximum absolute atomic E-state index is 12.7. The zero-order chi connectivity index (χ0) is 52.7. The molecule has 0 bridgehead atoms. The summed E-state index contributed by atoms with van der Waals surface area (Å²) in [5.74, 6) is -0.300. The molecule has 414 valence electrons. The molecule has 5 aliphatic rings. The minimum atomic E-state index is -2.13. The maximum Gasteiger partial charge on any atom is 0.251 e. The molecular formula is C43H71N3O26. The van der Waals surface area contributed by atoms with Crippen LogP contribution in [0.3, 0.4) is 0 Å². The number of rotatable bonds is 21. The molecule has 0 aromatic heterocycles. The molecule has 5 saturated heterocycles. The van der Waals surface area contributed by atoms with Crippen molar-refractivity contribution in [2.45, 2.75) is 167 Å². The molecule has 18 N–H and O–H groups in total. The van der Waals surface area contributed by atoms with E-state index in [2.05, 4.69) is 15.5 Å². The van der Waals surface area contributed by atoms with E-state index >= 15 is 0 Å². The molecule has 0 radical (unpaired) electrons. The molecule has 5 heterocycles. The van der Waals surface area contributed by atoms with Crippen LogP contribution in [-0.2, 0) is 42.6 Å². The fourth-order valence-electron chi connectivity index (χ4n) is 9.02. The van der Waals surface area contributed by atoms with E-state index in [4.69, 9.17) is 42.6 Å². The standard InChI is InChI=1S/C43H71N3O26/c1-3-46(4-2)10-9-44-38(63)16-5-7-17(8-6-16)45-39-29(58)25(54)34(19(12-48)64-39)69-41-31(60)27(56)36(21(14-50)66-41)71-43-33(62)28(57)37(22(15-51)68-43)72-42-32(61)26(55)35(20(13-49)67-42)70-40-30(59)24(53)23(52)18(11-47)65-40/h5-8,18-37,39-43,45,47-62H,3-4,9-15H2,1-2H3,(H,44,63)/t18-,19-,20-,21-,22-,23-,24+,25-,26-,27-,28-,29-,30-,31-,32-,33-,34-,35-,36-,37-,39+,40-,41-,42-,43-/m1/s1. The average Bonchev–Trinajstić information content (AvgIpc) is 3.38. The van der Waals surface area contributed by atoms with Gasteiger partial charge >= 0.3 is 0 Å². The number of likely N-dealkylation sites (N-methyl/N-ethyl adjacent to an activating group) is 1. The number of aliphatic hydroxyl groups excluding tert-OH is 16. The summed E-state index contributed by atoms with van der Waals surface area (Å²) < 4.78 is 50.8. The number of anilines is 1. The molecule has 1 aromatic carbocycles. The number of hydrogen-bond acceptors (Lipinski definition) is 28. The first kappa shape index (κ1) is 58.7. The Kier molecular flexibility index (Phi) is 21.6. The molecular weight excluding hydrogens is 974 g/mol. The molecule has 25 atom stereocenters. The third kappa shape index (κ3) is 13.0. The molecule has 5 fully saturated rings. The molecule has 29 heteroatoms. The number of nitrogens with one attached hydrogen (secondary N) is 2. The first-order valence-electron chi connectivity index (χ1n) is 23.7. The second-order valence-electron chi connectivity index (χ2n) is 18.0. The Labute approximate surface area is 412 Å². The van der Waals surface area contributed by atoms with Crippen LogP contribution in [0, 0.1) is 0 Å². The van der Waals surface area contributed by atoms with Gasteiger partial charge in [-0.15, -0.1) is 0 Å². The second kappa shape index (κ2) is 26.5.